The molecule has 1 aliphatic rings. The van der Waals surface area contributed by atoms with Gasteiger partial charge in [0.05, 0.1) is 0 Å². The molecule has 0 aromatic carbocycles. The summed E-state index contributed by atoms with van der Waals surface area (Å²) in [5, 5.41) is 12.1. The standard InChI is InChI=1S/C9H20N2O/c1-2-9-8-10-4-6-11(9)5-3-7-12/h9-10,12H,2-8H2,1H3/t9-/m0/s1. The SMILES string of the molecule is CC[C@H]1CNCCN1CCCO. The number of hydrogen-bond acceptors (Lipinski definition) is 3. The highest BCUT2D eigenvalue weighted by molar-refractivity contribution is 4.78. The number of hydrogen-bond donors (Lipinski definition) is 2. The van der Waals surface area contributed by atoms with E-state index in [1.165, 1.54) is 6.42 Å². The number of rotatable bonds is 4. The predicted molar refractivity (Wildman–Crippen MR) is 50.2 cm³/mol. The molecule has 1 fully saturated rings. The highest BCUT2D eigenvalue weighted by Gasteiger charge is 2.18. The quantitative estimate of drug-likeness (QED) is 0.629. The highest BCUT2D eigenvalue weighted by Crippen LogP contribution is 2.06. The molecule has 0 unspecified atom stereocenters. The molecule has 0 spiro atoms. The normalized spacial score (nSPS) is 26.0. The topological polar surface area (TPSA) is 35.5 Å². The van der Waals surface area contributed by atoms with Gasteiger partial charge in [-0.15, -0.1) is 0 Å². The van der Waals surface area contributed by atoms with Gasteiger partial charge in [-0.05, 0) is 12.8 Å². The van der Waals surface area contributed by atoms with Crippen LogP contribution in [0.25, 0.3) is 0 Å². The molecule has 1 aliphatic heterocycles. The van der Waals surface area contributed by atoms with Crippen LogP contribution in [0.1, 0.15) is 19.8 Å². The van der Waals surface area contributed by atoms with Gasteiger partial charge in [0.25, 0.3) is 0 Å². The Kier molecular flexibility index (Phi) is 4.58. The first-order valence-electron chi connectivity index (χ1n) is 4.94. The molecular weight excluding hydrogens is 152 g/mol. The lowest BCUT2D eigenvalue weighted by Gasteiger charge is -2.35. The molecule has 0 aliphatic carbocycles. The van der Waals surface area contributed by atoms with Gasteiger partial charge in [-0.25, -0.2) is 0 Å². The third-order valence-corrected chi connectivity index (χ3v) is 2.55. The lowest BCUT2D eigenvalue weighted by atomic mass is 10.1. The Hall–Kier alpha value is -0.120. The second-order valence-corrected chi connectivity index (χ2v) is 3.38. The highest BCUT2D eigenvalue weighted by atomic mass is 16.3. The van der Waals surface area contributed by atoms with Crippen molar-refractivity contribution in [1.29, 1.82) is 0 Å². The Labute approximate surface area is 74.8 Å². The van der Waals surface area contributed by atoms with Crippen molar-refractivity contribution in [3.05, 3.63) is 0 Å². The summed E-state index contributed by atoms with van der Waals surface area (Å²) in [7, 11) is 0. The number of piperazine rings is 1. The van der Waals surface area contributed by atoms with Crippen LogP contribution < -0.4 is 5.32 Å². The fraction of sp³-hybridized carbons (Fsp3) is 1.00. The minimum Gasteiger partial charge on any atom is -0.396 e. The van der Waals surface area contributed by atoms with Crippen molar-refractivity contribution < 1.29 is 5.11 Å². The van der Waals surface area contributed by atoms with E-state index in [0.29, 0.717) is 12.6 Å². The molecule has 1 rings (SSSR count). The molecule has 0 bridgehead atoms. The van der Waals surface area contributed by atoms with Crippen LogP contribution >= 0.6 is 0 Å². The van der Waals surface area contributed by atoms with E-state index < -0.39 is 0 Å². The zero-order valence-corrected chi connectivity index (χ0v) is 7.92. The Morgan fingerprint density at radius 2 is 2.42 bits per heavy atom. The van der Waals surface area contributed by atoms with E-state index in [1.54, 1.807) is 0 Å². The maximum absolute atomic E-state index is 8.71. The summed E-state index contributed by atoms with van der Waals surface area (Å²) < 4.78 is 0. The van der Waals surface area contributed by atoms with E-state index in [0.717, 1.165) is 32.6 Å². The van der Waals surface area contributed by atoms with Gasteiger partial charge < -0.3 is 10.4 Å². The molecule has 12 heavy (non-hydrogen) atoms. The summed E-state index contributed by atoms with van der Waals surface area (Å²) in [6, 6.07) is 0.685. The van der Waals surface area contributed by atoms with E-state index in [1.807, 2.05) is 0 Å². The largest absolute Gasteiger partial charge is 0.396 e. The Bertz CT molecular complexity index is 119. The summed E-state index contributed by atoms with van der Waals surface area (Å²) in [6.07, 6.45) is 2.12. The number of aliphatic hydroxyl groups excluding tert-OH is 1. The van der Waals surface area contributed by atoms with Crippen molar-refractivity contribution in [2.24, 2.45) is 0 Å². The second-order valence-electron chi connectivity index (χ2n) is 3.38. The summed E-state index contributed by atoms with van der Waals surface area (Å²) >= 11 is 0. The van der Waals surface area contributed by atoms with Crippen molar-refractivity contribution in [3.63, 3.8) is 0 Å². The lowest BCUT2D eigenvalue weighted by Crippen LogP contribution is -2.51. The first kappa shape index (κ1) is 9.96. The Morgan fingerprint density at radius 3 is 3.08 bits per heavy atom. The van der Waals surface area contributed by atoms with Crippen molar-refractivity contribution in [2.45, 2.75) is 25.8 Å². The molecule has 1 heterocycles. The van der Waals surface area contributed by atoms with Crippen molar-refractivity contribution >= 4 is 0 Å². The van der Waals surface area contributed by atoms with Gasteiger partial charge in [0.1, 0.15) is 0 Å². The Morgan fingerprint density at radius 1 is 1.58 bits per heavy atom. The maximum Gasteiger partial charge on any atom is 0.0443 e. The number of nitrogens with one attached hydrogen (secondary N) is 1. The molecule has 3 nitrogen and oxygen atoms in total. The van der Waals surface area contributed by atoms with Crippen LogP contribution in [-0.4, -0.2) is 48.8 Å². The van der Waals surface area contributed by atoms with Gasteiger partial charge in [-0.3, -0.25) is 4.90 Å². The van der Waals surface area contributed by atoms with Gasteiger partial charge in [0.2, 0.25) is 0 Å². The maximum atomic E-state index is 8.71. The first-order chi connectivity index (χ1) is 5.88. The van der Waals surface area contributed by atoms with E-state index in [4.69, 9.17) is 5.11 Å². The molecule has 0 aromatic rings. The average molecular weight is 172 g/mol. The lowest BCUT2D eigenvalue weighted by molar-refractivity contribution is 0.142. The molecule has 2 N–H and O–H groups in total. The number of nitrogens with zero attached hydrogens (tertiary/aromatic N) is 1. The smallest absolute Gasteiger partial charge is 0.0443 e. The van der Waals surface area contributed by atoms with Crippen LogP contribution in [-0.2, 0) is 0 Å². The van der Waals surface area contributed by atoms with Gasteiger partial charge in [-0.1, -0.05) is 6.92 Å². The molecule has 1 atom stereocenters. The summed E-state index contributed by atoms with van der Waals surface area (Å²) in [6.45, 7) is 6.95. The molecule has 0 saturated carbocycles. The summed E-state index contributed by atoms with van der Waals surface area (Å²) in [5.41, 5.74) is 0. The van der Waals surface area contributed by atoms with E-state index in [-0.39, 0.29) is 0 Å². The van der Waals surface area contributed by atoms with Crippen LogP contribution in [0.5, 0.6) is 0 Å². The third-order valence-electron chi connectivity index (χ3n) is 2.55. The molecular formula is C9H20N2O. The molecule has 72 valence electrons. The second kappa shape index (κ2) is 5.51. The molecule has 1 saturated heterocycles. The van der Waals surface area contributed by atoms with Crippen LogP contribution in [0.4, 0.5) is 0 Å². The molecule has 0 radical (unpaired) electrons. The number of aliphatic hydroxyl groups is 1. The third kappa shape index (κ3) is 2.73. The fourth-order valence-corrected chi connectivity index (χ4v) is 1.77. The fourth-order valence-electron chi connectivity index (χ4n) is 1.77. The minimum absolute atomic E-state index is 0.320. The van der Waals surface area contributed by atoms with Crippen molar-refractivity contribution in [3.8, 4) is 0 Å². The zero-order valence-electron chi connectivity index (χ0n) is 7.92. The van der Waals surface area contributed by atoms with E-state index >= 15 is 0 Å². The van der Waals surface area contributed by atoms with Crippen molar-refractivity contribution in [1.82, 2.24) is 10.2 Å². The molecule has 0 amide bonds. The molecule has 0 aromatic heterocycles. The Balaban J connectivity index is 2.26. The summed E-state index contributed by atoms with van der Waals surface area (Å²) in [5.74, 6) is 0. The van der Waals surface area contributed by atoms with Crippen LogP contribution in [0, 0.1) is 0 Å². The van der Waals surface area contributed by atoms with Gasteiger partial charge in [0, 0.05) is 38.8 Å². The first-order valence-corrected chi connectivity index (χ1v) is 4.94. The van der Waals surface area contributed by atoms with Gasteiger partial charge in [-0.2, -0.15) is 0 Å². The van der Waals surface area contributed by atoms with Crippen LogP contribution in [0.3, 0.4) is 0 Å². The van der Waals surface area contributed by atoms with Crippen LogP contribution in [0.15, 0.2) is 0 Å². The predicted octanol–water partition coefficient (Wildman–Crippen LogP) is 0.0526. The molecule has 3 heteroatoms. The average Bonchev–Trinajstić information content (AvgIpc) is 2.15. The zero-order chi connectivity index (χ0) is 8.81. The monoisotopic (exact) mass is 172 g/mol. The minimum atomic E-state index is 0.320. The van der Waals surface area contributed by atoms with Gasteiger partial charge >= 0.3 is 0 Å². The van der Waals surface area contributed by atoms with E-state index in [9.17, 15) is 0 Å². The van der Waals surface area contributed by atoms with E-state index in [2.05, 4.69) is 17.1 Å². The van der Waals surface area contributed by atoms with Crippen LogP contribution in [0.2, 0.25) is 0 Å². The summed E-state index contributed by atoms with van der Waals surface area (Å²) in [4.78, 5) is 2.48. The van der Waals surface area contributed by atoms with Gasteiger partial charge in [0.15, 0.2) is 0 Å². The van der Waals surface area contributed by atoms with Crippen molar-refractivity contribution in [2.75, 3.05) is 32.8 Å².